The number of aromatic nitrogens is 1. The van der Waals surface area contributed by atoms with Gasteiger partial charge in [-0.25, -0.2) is 4.79 Å². The lowest BCUT2D eigenvalue weighted by molar-refractivity contribution is 0.0971. The topological polar surface area (TPSA) is 72.4 Å². The molecule has 0 aliphatic heterocycles. The molecule has 0 aliphatic carbocycles. The van der Waals surface area contributed by atoms with Gasteiger partial charge < -0.3 is 9.52 Å². The molecule has 90 valence electrons. The number of Topliss-reactive ketones (excluding diaryl/α,β-unsaturated/α-hetero) is 1. The van der Waals surface area contributed by atoms with Gasteiger partial charge in [0.05, 0.1) is 5.52 Å². The van der Waals surface area contributed by atoms with Crippen LogP contribution in [0.15, 0.2) is 27.4 Å². The van der Waals surface area contributed by atoms with Crippen molar-refractivity contribution in [2.24, 2.45) is 7.05 Å². The summed E-state index contributed by atoms with van der Waals surface area (Å²) in [5.74, 6) is -0.507. The third kappa shape index (κ3) is 2.14. The van der Waals surface area contributed by atoms with Crippen LogP contribution in [0.1, 0.15) is 23.2 Å². The van der Waals surface area contributed by atoms with Gasteiger partial charge in [0.25, 0.3) is 0 Å². The summed E-state index contributed by atoms with van der Waals surface area (Å²) in [4.78, 5) is 23.0. The lowest BCUT2D eigenvalue weighted by atomic mass is 10.1. The van der Waals surface area contributed by atoms with Crippen molar-refractivity contribution < 1.29 is 14.3 Å². The monoisotopic (exact) mass is 235 g/mol. The molecule has 5 heteroatoms. The van der Waals surface area contributed by atoms with E-state index in [1.807, 2.05) is 0 Å². The number of hydrogen-bond acceptors (Lipinski definition) is 4. The van der Waals surface area contributed by atoms with Crippen molar-refractivity contribution in [3.05, 3.63) is 34.3 Å². The molecule has 2 aromatic rings. The van der Waals surface area contributed by atoms with Gasteiger partial charge in [-0.1, -0.05) is 0 Å². The zero-order chi connectivity index (χ0) is 12.4. The van der Waals surface area contributed by atoms with Crippen LogP contribution in [-0.2, 0) is 7.05 Å². The highest BCUT2D eigenvalue weighted by molar-refractivity contribution is 5.98. The third-order valence-corrected chi connectivity index (χ3v) is 2.68. The fourth-order valence-electron chi connectivity index (χ4n) is 1.69. The number of ketones is 1. The van der Waals surface area contributed by atoms with E-state index in [-0.39, 0.29) is 12.4 Å². The Balaban J connectivity index is 2.38. The van der Waals surface area contributed by atoms with Gasteiger partial charge in [0.2, 0.25) is 0 Å². The summed E-state index contributed by atoms with van der Waals surface area (Å²) in [5, 5.41) is 8.66. The number of carbonyl (C=O) groups is 1. The fourth-order valence-corrected chi connectivity index (χ4v) is 1.69. The van der Waals surface area contributed by atoms with Gasteiger partial charge in [0, 0.05) is 25.6 Å². The van der Waals surface area contributed by atoms with E-state index in [9.17, 15) is 9.59 Å². The number of rotatable bonds is 4. The zero-order valence-electron chi connectivity index (χ0n) is 9.47. The molecule has 0 unspecified atom stereocenters. The van der Waals surface area contributed by atoms with E-state index in [4.69, 9.17) is 9.52 Å². The van der Waals surface area contributed by atoms with Crippen LogP contribution in [0.5, 0.6) is 0 Å². The maximum atomic E-state index is 11.7. The Hall–Kier alpha value is -1.88. The molecule has 0 saturated carbocycles. The first-order valence-electron chi connectivity index (χ1n) is 5.37. The molecule has 1 N–H and O–H groups in total. The highest BCUT2D eigenvalue weighted by Crippen LogP contribution is 2.15. The van der Waals surface area contributed by atoms with Crippen LogP contribution in [-0.4, -0.2) is 22.1 Å². The largest absolute Gasteiger partial charge is 0.419 e. The Morgan fingerprint density at radius 2 is 2.24 bits per heavy atom. The lowest BCUT2D eigenvalue weighted by Gasteiger charge is -1.99. The quantitative estimate of drug-likeness (QED) is 0.805. The molecule has 0 aliphatic rings. The molecule has 0 amide bonds. The van der Waals surface area contributed by atoms with Crippen molar-refractivity contribution in [1.29, 1.82) is 0 Å². The van der Waals surface area contributed by atoms with Gasteiger partial charge in [0.15, 0.2) is 11.4 Å². The minimum atomic E-state index is -0.444. The van der Waals surface area contributed by atoms with Gasteiger partial charge in [-0.2, -0.15) is 0 Å². The van der Waals surface area contributed by atoms with Crippen molar-refractivity contribution in [2.45, 2.75) is 12.8 Å². The smallest absolute Gasteiger partial charge is 0.408 e. The Bertz CT molecular complexity index is 608. The summed E-state index contributed by atoms with van der Waals surface area (Å²) in [6, 6.07) is 4.92. The molecule has 1 aromatic carbocycles. The number of nitrogens with zero attached hydrogens (tertiary/aromatic N) is 1. The molecular weight excluding hydrogens is 222 g/mol. The number of hydrogen-bond donors (Lipinski definition) is 1. The molecule has 0 atom stereocenters. The fraction of sp³-hybridized carbons (Fsp3) is 0.333. The molecule has 0 radical (unpaired) electrons. The van der Waals surface area contributed by atoms with Gasteiger partial charge >= 0.3 is 5.76 Å². The van der Waals surface area contributed by atoms with Crippen LogP contribution in [0, 0.1) is 0 Å². The number of benzene rings is 1. The molecule has 1 aromatic heterocycles. The van der Waals surface area contributed by atoms with Crippen LogP contribution in [0.2, 0.25) is 0 Å². The summed E-state index contributed by atoms with van der Waals surface area (Å²) < 4.78 is 6.39. The van der Waals surface area contributed by atoms with E-state index in [2.05, 4.69) is 0 Å². The first-order chi connectivity index (χ1) is 8.13. The van der Waals surface area contributed by atoms with Crippen molar-refractivity contribution in [3.63, 3.8) is 0 Å². The van der Waals surface area contributed by atoms with Gasteiger partial charge in [-0.05, 0) is 24.6 Å². The van der Waals surface area contributed by atoms with Crippen LogP contribution < -0.4 is 5.76 Å². The van der Waals surface area contributed by atoms with E-state index in [0.717, 1.165) is 0 Å². The number of fused-ring (bicyclic) bond motifs is 1. The lowest BCUT2D eigenvalue weighted by Crippen LogP contribution is -2.08. The normalized spacial score (nSPS) is 10.9. The number of aryl methyl sites for hydroxylation is 1. The highest BCUT2D eigenvalue weighted by Gasteiger charge is 2.10. The summed E-state index contributed by atoms with van der Waals surface area (Å²) in [7, 11) is 1.61. The second-order valence-electron chi connectivity index (χ2n) is 3.86. The Labute approximate surface area is 97.3 Å². The van der Waals surface area contributed by atoms with Crippen molar-refractivity contribution >= 4 is 16.9 Å². The Morgan fingerprint density at radius 3 is 2.94 bits per heavy atom. The molecule has 0 saturated heterocycles. The number of carbonyl (C=O) groups excluding carboxylic acids is 1. The Kier molecular flexibility index (Phi) is 3.10. The van der Waals surface area contributed by atoms with Crippen molar-refractivity contribution in [2.75, 3.05) is 6.61 Å². The molecule has 1 heterocycles. The van der Waals surface area contributed by atoms with E-state index in [1.54, 1.807) is 25.2 Å². The maximum absolute atomic E-state index is 11.7. The molecule has 0 spiro atoms. The number of aliphatic hydroxyl groups excluding tert-OH is 1. The second-order valence-corrected chi connectivity index (χ2v) is 3.86. The molecule has 0 fully saturated rings. The summed E-state index contributed by atoms with van der Waals surface area (Å²) in [5.41, 5.74) is 1.57. The van der Waals surface area contributed by atoms with E-state index >= 15 is 0 Å². The summed E-state index contributed by atoms with van der Waals surface area (Å²) >= 11 is 0. The minimum Gasteiger partial charge on any atom is -0.408 e. The molecular formula is C12H13NO4. The maximum Gasteiger partial charge on any atom is 0.419 e. The van der Waals surface area contributed by atoms with Crippen molar-refractivity contribution in [1.82, 2.24) is 4.57 Å². The van der Waals surface area contributed by atoms with Gasteiger partial charge in [-0.3, -0.25) is 9.36 Å². The minimum absolute atomic E-state index is 0.00555. The number of oxazole rings is 1. The second kappa shape index (κ2) is 4.55. The predicted octanol–water partition coefficient (Wildman–Crippen LogP) is 1.09. The Morgan fingerprint density at radius 1 is 1.47 bits per heavy atom. The average molecular weight is 235 g/mol. The van der Waals surface area contributed by atoms with Crippen LogP contribution >= 0.6 is 0 Å². The first kappa shape index (κ1) is 11.6. The van der Waals surface area contributed by atoms with Gasteiger partial charge in [-0.15, -0.1) is 0 Å². The standard InChI is InChI=1S/C12H13NO4/c1-13-9-5-4-8(10(15)3-2-6-14)7-11(9)17-12(13)16/h4-5,7,14H,2-3,6H2,1H3. The number of aliphatic hydroxyl groups is 1. The third-order valence-electron chi connectivity index (χ3n) is 2.68. The van der Waals surface area contributed by atoms with Crippen LogP contribution in [0.3, 0.4) is 0 Å². The molecule has 2 rings (SSSR count). The van der Waals surface area contributed by atoms with Gasteiger partial charge in [0.1, 0.15) is 0 Å². The SMILES string of the molecule is Cn1c(=O)oc2cc(C(=O)CCCO)ccc21. The summed E-state index contributed by atoms with van der Waals surface area (Å²) in [6.45, 7) is -0.00555. The first-order valence-corrected chi connectivity index (χ1v) is 5.37. The predicted molar refractivity (Wildman–Crippen MR) is 62.1 cm³/mol. The van der Waals surface area contributed by atoms with Crippen LogP contribution in [0.4, 0.5) is 0 Å². The molecule has 17 heavy (non-hydrogen) atoms. The highest BCUT2D eigenvalue weighted by atomic mass is 16.4. The van der Waals surface area contributed by atoms with E-state index < -0.39 is 5.76 Å². The van der Waals surface area contributed by atoms with Crippen molar-refractivity contribution in [3.8, 4) is 0 Å². The van der Waals surface area contributed by atoms with Crippen LogP contribution in [0.25, 0.3) is 11.1 Å². The van der Waals surface area contributed by atoms with E-state index in [1.165, 1.54) is 4.57 Å². The molecule has 0 bridgehead atoms. The summed E-state index contributed by atoms with van der Waals surface area (Å²) in [6.07, 6.45) is 0.731. The molecule has 5 nitrogen and oxygen atoms in total. The zero-order valence-corrected chi connectivity index (χ0v) is 9.47. The average Bonchev–Trinajstić information content (AvgIpc) is 2.61. The van der Waals surface area contributed by atoms with E-state index in [0.29, 0.717) is 29.5 Å².